The summed E-state index contributed by atoms with van der Waals surface area (Å²) in [7, 11) is -4.64. The molecule has 0 rings (SSSR count). The smallest absolute Gasteiger partial charge is 1.00 e. The number of rotatable bonds is 15. The Hall–Kier alpha value is 0.380. The van der Waals surface area contributed by atoms with E-state index in [1.807, 2.05) is 0 Å². The van der Waals surface area contributed by atoms with Crippen molar-refractivity contribution in [1.82, 2.24) is 0 Å². The molecule has 0 fully saturated rings. The molecule has 0 radical (unpaired) electrons. The molecule has 0 unspecified atom stereocenters. The number of hydrogen-bond donors (Lipinski definition) is 1. The van der Waals surface area contributed by atoms with Crippen molar-refractivity contribution in [3.63, 3.8) is 0 Å². The molecule has 0 saturated heterocycles. The minimum absolute atomic E-state index is 0. The zero-order chi connectivity index (χ0) is 16.7. The van der Waals surface area contributed by atoms with E-state index in [-0.39, 0.29) is 37.4 Å². The topological polar surface area (TPSA) is 80.7 Å². The second-order valence-electron chi connectivity index (χ2n) is 5.88. The molecule has 0 bridgehead atoms. The van der Waals surface area contributed by atoms with Crippen LogP contribution < -0.4 is 29.6 Å². The largest absolute Gasteiger partial charge is 1.00 e. The zero-order valence-corrected chi connectivity index (χ0v) is 17.7. The SMILES string of the molecule is CCCCCCCCCCCCCCCC(=O)OS(=O)(=O)O.[H-].[Na+]. The molecule has 0 aliphatic rings. The second kappa shape index (κ2) is 17.2. The molecule has 0 aliphatic heterocycles. The van der Waals surface area contributed by atoms with E-state index in [1.54, 1.807) is 0 Å². The van der Waals surface area contributed by atoms with Crippen LogP contribution >= 0.6 is 0 Å². The predicted molar refractivity (Wildman–Crippen MR) is 89.1 cm³/mol. The summed E-state index contributed by atoms with van der Waals surface area (Å²) in [6.07, 6.45) is 15.6. The second-order valence-corrected chi connectivity index (χ2v) is 6.90. The first kappa shape index (κ1) is 25.6. The van der Waals surface area contributed by atoms with Gasteiger partial charge in [-0.2, -0.15) is 8.42 Å². The van der Waals surface area contributed by atoms with Gasteiger partial charge in [0.25, 0.3) is 0 Å². The molecule has 0 amide bonds. The van der Waals surface area contributed by atoms with Gasteiger partial charge in [-0.05, 0) is 6.42 Å². The zero-order valence-electron chi connectivity index (χ0n) is 15.9. The average Bonchev–Trinajstić information content (AvgIpc) is 2.42. The number of unbranched alkanes of at least 4 members (excludes halogenated alkanes) is 12. The summed E-state index contributed by atoms with van der Waals surface area (Å²) >= 11 is 0. The molecule has 134 valence electrons. The normalized spacial score (nSPS) is 11.0. The van der Waals surface area contributed by atoms with Crippen LogP contribution in [0.3, 0.4) is 0 Å². The maximum absolute atomic E-state index is 11.0. The van der Waals surface area contributed by atoms with E-state index in [2.05, 4.69) is 11.1 Å². The molecule has 1 N–H and O–H groups in total. The minimum Gasteiger partial charge on any atom is -1.00 e. The van der Waals surface area contributed by atoms with Crippen LogP contribution in [0.25, 0.3) is 0 Å². The average molecular weight is 360 g/mol. The van der Waals surface area contributed by atoms with Gasteiger partial charge in [-0.25, -0.2) is 0 Å². The number of hydrogen-bond acceptors (Lipinski definition) is 4. The van der Waals surface area contributed by atoms with Crippen molar-refractivity contribution in [2.45, 2.75) is 96.8 Å². The Morgan fingerprint density at radius 2 is 1.17 bits per heavy atom. The Morgan fingerprint density at radius 1 is 0.826 bits per heavy atom. The van der Waals surface area contributed by atoms with E-state index in [1.165, 1.54) is 57.8 Å². The molecule has 0 atom stereocenters. The van der Waals surface area contributed by atoms with E-state index in [0.29, 0.717) is 6.42 Å². The fourth-order valence-corrected chi connectivity index (χ4v) is 2.76. The van der Waals surface area contributed by atoms with Gasteiger partial charge in [0, 0.05) is 6.42 Å². The van der Waals surface area contributed by atoms with Crippen LogP contribution in [0.1, 0.15) is 98.2 Å². The fraction of sp³-hybridized carbons (Fsp3) is 0.938. The van der Waals surface area contributed by atoms with Crippen molar-refractivity contribution < 1.29 is 52.9 Å². The van der Waals surface area contributed by atoms with Gasteiger partial charge in [-0.15, -0.1) is 0 Å². The molecule has 0 aromatic heterocycles. The Balaban J connectivity index is -0.00000220. The van der Waals surface area contributed by atoms with Gasteiger partial charge in [0.2, 0.25) is 0 Å². The van der Waals surface area contributed by atoms with Gasteiger partial charge in [-0.1, -0.05) is 84.0 Å². The van der Waals surface area contributed by atoms with Crippen LogP contribution in [0.5, 0.6) is 0 Å². The molecule has 0 aliphatic carbocycles. The maximum Gasteiger partial charge on any atom is 1.00 e. The summed E-state index contributed by atoms with van der Waals surface area (Å²) in [6.45, 7) is 2.23. The molecular weight excluding hydrogens is 327 g/mol. The molecule has 23 heavy (non-hydrogen) atoms. The Bertz CT molecular complexity index is 377. The molecule has 7 heteroatoms. The molecule has 0 aromatic carbocycles. The van der Waals surface area contributed by atoms with Crippen molar-refractivity contribution >= 4 is 16.4 Å². The summed E-state index contributed by atoms with van der Waals surface area (Å²) in [6, 6.07) is 0. The molecule has 0 aromatic rings. The van der Waals surface area contributed by atoms with E-state index in [0.717, 1.165) is 19.3 Å². The van der Waals surface area contributed by atoms with Crippen LogP contribution in [0.4, 0.5) is 0 Å². The van der Waals surface area contributed by atoms with Crippen molar-refractivity contribution in [2.75, 3.05) is 0 Å². The standard InChI is InChI=1S/C16H32O5S.Na.H/c1-2-3-4-5-6-7-8-9-10-11-12-13-14-15-16(17)21-22(18,19)20;;/h2-15H2,1H3,(H,18,19,20);;/q;+1;-1. The van der Waals surface area contributed by atoms with E-state index in [4.69, 9.17) is 4.55 Å². The molecular formula is C16H33NaO5S. The monoisotopic (exact) mass is 360 g/mol. The van der Waals surface area contributed by atoms with E-state index < -0.39 is 16.4 Å². The minimum atomic E-state index is -4.64. The quantitative estimate of drug-likeness (QED) is 0.274. The third-order valence-corrected chi connectivity index (χ3v) is 4.08. The summed E-state index contributed by atoms with van der Waals surface area (Å²) in [4.78, 5) is 11.0. The van der Waals surface area contributed by atoms with Crippen LogP contribution in [0, 0.1) is 0 Å². The third kappa shape index (κ3) is 22.4. The summed E-state index contributed by atoms with van der Waals surface area (Å²) in [5.74, 6) is -0.884. The van der Waals surface area contributed by atoms with E-state index >= 15 is 0 Å². The van der Waals surface area contributed by atoms with Gasteiger partial charge < -0.3 is 5.61 Å². The Labute approximate surface area is 165 Å². The van der Waals surface area contributed by atoms with Gasteiger partial charge in [0.15, 0.2) is 0 Å². The third-order valence-electron chi connectivity index (χ3n) is 3.68. The predicted octanol–water partition coefficient (Wildman–Crippen LogP) is 1.93. The molecule has 0 saturated carbocycles. The van der Waals surface area contributed by atoms with Gasteiger partial charge in [0.05, 0.1) is 0 Å². The van der Waals surface area contributed by atoms with Gasteiger partial charge >= 0.3 is 45.9 Å². The van der Waals surface area contributed by atoms with Crippen molar-refractivity contribution in [1.29, 1.82) is 0 Å². The summed E-state index contributed by atoms with van der Waals surface area (Å²) < 4.78 is 32.7. The van der Waals surface area contributed by atoms with Crippen molar-refractivity contribution in [2.24, 2.45) is 0 Å². The van der Waals surface area contributed by atoms with Crippen LogP contribution in [-0.4, -0.2) is 18.9 Å². The first-order valence-electron chi connectivity index (χ1n) is 8.65. The van der Waals surface area contributed by atoms with Crippen LogP contribution in [0.15, 0.2) is 0 Å². The van der Waals surface area contributed by atoms with E-state index in [9.17, 15) is 13.2 Å². The van der Waals surface area contributed by atoms with Crippen molar-refractivity contribution in [3.8, 4) is 0 Å². The summed E-state index contributed by atoms with van der Waals surface area (Å²) in [5.41, 5.74) is 0. The molecule has 5 nitrogen and oxygen atoms in total. The fourth-order valence-electron chi connectivity index (χ4n) is 2.45. The molecule has 0 spiro atoms. The van der Waals surface area contributed by atoms with Gasteiger partial charge in [-0.3, -0.25) is 9.35 Å². The first-order chi connectivity index (χ1) is 10.5. The van der Waals surface area contributed by atoms with Crippen molar-refractivity contribution in [3.05, 3.63) is 0 Å². The Morgan fingerprint density at radius 3 is 1.52 bits per heavy atom. The Kier molecular flexibility index (Phi) is 19.2. The number of carbonyl (C=O) groups is 1. The van der Waals surface area contributed by atoms with Crippen LogP contribution in [-0.2, 0) is 19.4 Å². The molecule has 0 heterocycles. The first-order valence-corrected chi connectivity index (χ1v) is 10.0. The number of carbonyl (C=O) groups excluding carboxylic acids is 1. The van der Waals surface area contributed by atoms with Gasteiger partial charge in [0.1, 0.15) is 0 Å². The summed E-state index contributed by atoms with van der Waals surface area (Å²) in [5, 5.41) is 0. The maximum atomic E-state index is 11.0. The van der Waals surface area contributed by atoms with Crippen LogP contribution in [0.2, 0.25) is 0 Å².